The predicted octanol–water partition coefficient (Wildman–Crippen LogP) is 1.09. The molecule has 0 amide bonds. The highest BCUT2D eigenvalue weighted by atomic mass is 32.2. The smallest absolute Gasteiger partial charge is 0.262 e. The molecule has 1 aliphatic rings. The lowest BCUT2D eigenvalue weighted by Crippen LogP contribution is -2.32. The lowest BCUT2D eigenvalue weighted by atomic mass is 10.2. The van der Waals surface area contributed by atoms with E-state index in [1.165, 1.54) is 4.31 Å². The van der Waals surface area contributed by atoms with Crippen molar-refractivity contribution in [3.63, 3.8) is 0 Å². The fourth-order valence-electron chi connectivity index (χ4n) is 2.96. The minimum absolute atomic E-state index is 0.0742. The summed E-state index contributed by atoms with van der Waals surface area (Å²) < 4.78 is 34.7. The van der Waals surface area contributed by atoms with Crippen LogP contribution >= 0.6 is 0 Å². The number of H-pyrrole nitrogens is 1. The number of aromatic nitrogens is 4. The molecule has 8 nitrogen and oxygen atoms in total. The Hall–Kier alpha value is -1.71. The van der Waals surface area contributed by atoms with Crippen LogP contribution in [0.3, 0.4) is 0 Å². The van der Waals surface area contributed by atoms with E-state index in [0.717, 1.165) is 0 Å². The lowest BCUT2D eigenvalue weighted by Gasteiger charge is -2.21. The summed E-state index contributed by atoms with van der Waals surface area (Å²) in [5.74, 6) is 1.31. The van der Waals surface area contributed by atoms with E-state index in [9.17, 15) is 8.42 Å². The molecule has 1 saturated heterocycles. The third-order valence-corrected chi connectivity index (χ3v) is 6.00. The molecular formula is C14H21N5O3S. The van der Waals surface area contributed by atoms with Crippen molar-refractivity contribution in [2.45, 2.75) is 44.0 Å². The van der Waals surface area contributed by atoms with Gasteiger partial charge in [-0.1, -0.05) is 0 Å². The number of nitrogens with zero attached hydrogens (tertiary/aromatic N) is 4. The number of nitrogens with one attached hydrogen (secondary N) is 1. The second-order valence-electron chi connectivity index (χ2n) is 5.57. The van der Waals surface area contributed by atoms with Crippen molar-refractivity contribution < 1.29 is 13.2 Å². The van der Waals surface area contributed by atoms with Crippen molar-refractivity contribution in [1.82, 2.24) is 23.8 Å². The minimum Gasteiger partial charge on any atom is -0.380 e. The summed E-state index contributed by atoms with van der Waals surface area (Å²) in [4.78, 5) is 11.5. The van der Waals surface area contributed by atoms with Gasteiger partial charge in [0.05, 0.1) is 12.1 Å². The number of methoxy groups -OCH3 is 1. The fraction of sp³-hybridized carbons (Fsp3) is 0.571. The van der Waals surface area contributed by atoms with Gasteiger partial charge in [0.15, 0.2) is 5.03 Å². The number of rotatable bonds is 5. The number of imidazole rings is 2. The molecule has 126 valence electrons. The Morgan fingerprint density at radius 3 is 2.83 bits per heavy atom. The maximum Gasteiger partial charge on any atom is 0.262 e. The van der Waals surface area contributed by atoms with Gasteiger partial charge in [0.1, 0.15) is 11.6 Å². The third kappa shape index (κ3) is 2.79. The van der Waals surface area contributed by atoms with Crippen molar-refractivity contribution in [2.75, 3.05) is 13.7 Å². The van der Waals surface area contributed by atoms with Crippen LogP contribution in [0.4, 0.5) is 0 Å². The van der Waals surface area contributed by atoms with Crippen LogP contribution < -0.4 is 0 Å². The van der Waals surface area contributed by atoms with Gasteiger partial charge < -0.3 is 14.3 Å². The Morgan fingerprint density at radius 2 is 2.26 bits per heavy atom. The van der Waals surface area contributed by atoms with Gasteiger partial charge in [-0.3, -0.25) is 0 Å². The number of sulfonamides is 1. The summed E-state index contributed by atoms with van der Waals surface area (Å²) in [7, 11) is -2.11. The molecule has 1 N–H and O–H groups in total. The van der Waals surface area contributed by atoms with Crippen LogP contribution in [0.5, 0.6) is 0 Å². The Balaban J connectivity index is 1.99. The van der Waals surface area contributed by atoms with Crippen molar-refractivity contribution in [3.05, 3.63) is 30.2 Å². The van der Waals surface area contributed by atoms with E-state index in [0.29, 0.717) is 31.2 Å². The summed E-state index contributed by atoms with van der Waals surface area (Å²) in [6.07, 6.45) is 5.31. The van der Waals surface area contributed by atoms with E-state index in [-0.39, 0.29) is 17.2 Å². The Kier molecular flexibility index (Phi) is 4.26. The van der Waals surface area contributed by atoms with Gasteiger partial charge in [0.25, 0.3) is 10.0 Å². The van der Waals surface area contributed by atoms with Crippen molar-refractivity contribution in [2.24, 2.45) is 0 Å². The number of aryl methyl sites for hydroxylation is 2. The molecule has 0 aromatic carbocycles. The number of hydrogen-bond acceptors (Lipinski definition) is 5. The topological polar surface area (TPSA) is 93.1 Å². The van der Waals surface area contributed by atoms with Crippen LogP contribution in [0.15, 0.2) is 23.6 Å². The zero-order valence-corrected chi connectivity index (χ0v) is 14.2. The molecule has 0 spiro atoms. The van der Waals surface area contributed by atoms with E-state index in [1.54, 1.807) is 32.6 Å². The van der Waals surface area contributed by atoms with E-state index < -0.39 is 10.0 Å². The monoisotopic (exact) mass is 339 g/mol. The SMILES string of the molecule is CCn1cc(S(=O)(=O)N2C[C@H](OC)CC2c2ncc[nH]2)nc1C. The van der Waals surface area contributed by atoms with Gasteiger partial charge in [-0.05, 0) is 20.3 Å². The molecule has 1 fully saturated rings. The summed E-state index contributed by atoms with van der Waals surface area (Å²) in [6, 6.07) is -0.368. The van der Waals surface area contributed by atoms with Crippen molar-refractivity contribution in [3.8, 4) is 0 Å². The molecule has 1 aliphatic heterocycles. The zero-order valence-electron chi connectivity index (χ0n) is 13.4. The van der Waals surface area contributed by atoms with Gasteiger partial charge in [-0.15, -0.1) is 0 Å². The van der Waals surface area contributed by atoms with Crippen LogP contribution in [0, 0.1) is 6.92 Å². The highest BCUT2D eigenvalue weighted by molar-refractivity contribution is 7.89. The van der Waals surface area contributed by atoms with Crippen LogP contribution in [0.25, 0.3) is 0 Å². The molecule has 1 unspecified atom stereocenters. The first-order valence-electron chi connectivity index (χ1n) is 7.55. The first-order chi connectivity index (χ1) is 11.0. The van der Waals surface area contributed by atoms with E-state index in [1.807, 2.05) is 11.5 Å². The normalized spacial score (nSPS) is 22.7. The molecule has 0 aliphatic carbocycles. The summed E-state index contributed by atoms with van der Waals surface area (Å²) in [5, 5.41) is 0.0742. The third-order valence-electron chi connectivity index (χ3n) is 4.25. The summed E-state index contributed by atoms with van der Waals surface area (Å²) in [5.41, 5.74) is 0. The number of ether oxygens (including phenoxy) is 1. The molecule has 0 radical (unpaired) electrons. The molecule has 0 saturated carbocycles. The van der Waals surface area contributed by atoms with Crippen molar-refractivity contribution in [1.29, 1.82) is 0 Å². The van der Waals surface area contributed by atoms with Gasteiger partial charge in [-0.2, -0.15) is 4.31 Å². The van der Waals surface area contributed by atoms with Gasteiger partial charge in [0, 0.05) is 38.8 Å². The zero-order chi connectivity index (χ0) is 16.6. The Morgan fingerprint density at radius 1 is 1.48 bits per heavy atom. The van der Waals surface area contributed by atoms with E-state index >= 15 is 0 Å². The second kappa shape index (κ2) is 6.06. The molecule has 23 heavy (non-hydrogen) atoms. The van der Waals surface area contributed by atoms with Crippen LogP contribution in [0.2, 0.25) is 0 Å². The quantitative estimate of drug-likeness (QED) is 0.880. The van der Waals surface area contributed by atoms with Crippen LogP contribution in [0.1, 0.15) is 31.0 Å². The molecule has 2 aromatic rings. The molecule has 2 aromatic heterocycles. The first-order valence-corrected chi connectivity index (χ1v) is 8.99. The molecular weight excluding hydrogens is 318 g/mol. The Labute approximate surface area is 135 Å². The highest BCUT2D eigenvalue weighted by Gasteiger charge is 2.43. The molecule has 3 heterocycles. The predicted molar refractivity (Wildman–Crippen MR) is 83.3 cm³/mol. The summed E-state index contributed by atoms with van der Waals surface area (Å²) in [6.45, 7) is 4.72. The average Bonchev–Trinajstić information content (AvgIpc) is 3.25. The maximum atomic E-state index is 13.0. The minimum atomic E-state index is -3.71. The van der Waals surface area contributed by atoms with E-state index in [4.69, 9.17) is 4.74 Å². The second-order valence-corrected chi connectivity index (χ2v) is 7.41. The molecule has 3 rings (SSSR count). The van der Waals surface area contributed by atoms with Crippen molar-refractivity contribution >= 4 is 10.0 Å². The highest BCUT2D eigenvalue weighted by Crippen LogP contribution is 2.35. The van der Waals surface area contributed by atoms with Crippen LogP contribution in [-0.2, 0) is 21.3 Å². The Bertz CT molecular complexity index is 768. The maximum absolute atomic E-state index is 13.0. The van der Waals surface area contributed by atoms with Crippen LogP contribution in [-0.4, -0.2) is 52.0 Å². The van der Waals surface area contributed by atoms with E-state index in [2.05, 4.69) is 15.0 Å². The average molecular weight is 339 g/mol. The van der Waals surface area contributed by atoms with Gasteiger partial charge >= 0.3 is 0 Å². The molecule has 0 bridgehead atoms. The fourth-order valence-corrected chi connectivity index (χ4v) is 4.59. The first kappa shape index (κ1) is 16.2. The molecule has 2 atom stereocenters. The standard InChI is InChI=1S/C14H21N5O3S/c1-4-18-9-13(17-10(18)2)23(20,21)19-8-11(22-3)7-12(19)14-15-5-6-16-14/h5-6,9,11-12H,4,7-8H2,1-3H3,(H,15,16)/t11-,12?/m1/s1. The number of aromatic amines is 1. The largest absolute Gasteiger partial charge is 0.380 e. The summed E-state index contributed by atoms with van der Waals surface area (Å²) >= 11 is 0. The van der Waals surface area contributed by atoms with Gasteiger partial charge in [-0.25, -0.2) is 18.4 Å². The van der Waals surface area contributed by atoms with Gasteiger partial charge in [0.2, 0.25) is 0 Å². The number of hydrogen-bond donors (Lipinski definition) is 1. The molecule has 9 heteroatoms. The lowest BCUT2D eigenvalue weighted by molar-refractivity contribution is 0.114.